The van der Waals surface area contributed by atoms with Gasteiger partial charge in [-0.1, -0.05) is 19.8 Å². The monoisotopic (exact) mass is 208 g/mol. The molecule has 82 valence electrons. The molecule has 0 spiro atoms. The molecule has 1 aromatic heterocycles. The van der Waals surface area contributed by atoms with Crippen molar-refractivity contribution in [2.45, 2.75) is 38.1 Å². The number of rotatable bonds is 2. The van der Waals surface area contributed by atoms with Gasteiger partial charge in [0, 0.05) is 12.4 Å². The van der Waals surface area contributed by atoms with Crippen LogP contribution in [0.2, 0.25) is 0 Å². The van der Waals surface area contributed by atoms with Crippen LogP contribution in [0.3, 0.4) is 0 Å². The molecule has 1 aromatic rings. The average Bonchev–Trinajstić information content (AvgIpc) is 2.71. The average molecular weight is 208 g/mol. The molecule has 0 aromatic carbocycles. The predicted octanol–water partition coefficient (Wildman–Crippen LogP) is 1.87. The van der Waals surface area contributed by atoms with E-state index in [0.717, 1.165) is 19.3 Å². The van der Waals surface area contributed by atoms with Gasteiger partial charge in [-0.3, -0.25) is 4.68 Å². The van der Waals surface area contributed by atoms with Crippen LogP contribution in [0.15, 0.2) is 18.5 Å². The first kappa shape index (κ1) is 10.2. The van der Waals surface area contributed by atoms with Gasteiger partial charge in [0.25, 0.3) is 0 Å². The minimum Gasteiger partial charge on any atom is -0.479 e. The summed E-state index contributed by atoms with van der Waals surface area (Å²) in [7, 11) is 0. The summed E-state index contributed by atoms with van der Waals surface area (Å²) in [6.07, 6.45) is 7.15. The Labute approximate surface area is 88.9 Å². The molecule has 1 fully saturated rings. The van der Waals surface area contributed by atoms with Crippen molar-refractivity contribution >= 4 is 5.97 Å². The van der Waals surface area contributed by atoms with Gasteiger partial charge in [0.1, 0.15) is 0 Å². The van der Waals surface area contributed by atoms with Crippen molar-refractivity contribution in [3.05, 3.63) is 18.5 Å². The fourth-order valence-corrected chi connectivity index (χ4v) is 2.59. The van der Waals surface area contributed by atoms with Crippen LogP contribution in [-0.4, -0.2) is 20.9 Å². The molecule has 15 heavy (non-hydrogen) atoms. The molecule has 0 aliphatic heterocycles. The van der Waals surface area contributed by atoms with Gasteiger partial charge in [-0.05, 0) is 24.8 Å². The van der Waals surface area contributed by atoms with E-state index in [9.17, 15) is 9.90 Å². The molecule has 1 aliphatic carbocycles. The van der Waals surface area contributed by atoms with Crippen LogP contribution in [0.5, 0.6) is 0 Å². The van der Waals surface area contributed by atoms with Gasteiger partial charge in [0.2, 0.25) is 0 Å². The maximum atomic E-state index is 11.5. The van der Waals surface area contributed by atoms with Gasteiger partial charge in [0.15, 0.2) is 5.54 Å². The molecule has 1 N–H and O–H groups in total. The second kappa shape index (κ2) is 3.68. The summed E-state index contributed by atoms with van der Waals surface area (Å²) in [5.41, 5.74) is -0.818. The SMILES string of the molecule is CC1CCCCC1(C(=O)O)n1cccn1. The van der Waals surface area contributed by atoms with E-state index < -0.39 is 11.5 Å². The summed E-state index contributed by atoms with van der Waals surface area (Å²) in [4.78, 5) is 11.5. The van der Waals surface area contributed by atoms with Crippen molar-refractivity contribution in [1.82, 2.24) is 9.78 Å². The van der Waals surface area contributed by atoms with Gasteiger partial charge < -0.3 is 5.11 Å². The van der Waals surface area contributed by atoms with E-state index in [0.29, 0.717) is 6.42 Å². The van der Waals surface area contributed by atoms with Crippen molar-refractivity contribution in [1.29, 1.82) is 0 Å². The lowest BCUT2D eigenvalue weighted by Gasteiger charge is -2.39. The number of hydrogen-bond acceptors (Lipinski definition) is 2. The van der Waals surface area contributed by atoms with Crippen LogP contribution in [0, 0.1) is 5.92 Å². The second-order valence-corrected chi connectivity index (χ2v) is 4.33. The van der Waals surface area contributed by atoms with Crippen LogP contribution in [0.1, 0.15) is 32.6 Å². The lowest BCUT2D eigenvalue weighted by molar-refractivity contribution is -0.153. The summed E-state index contributed by atoms with van der Waals surface area (Å²) < 4.78 is 1.62. The van der Waals surface area contributed by atoms with Crippen LogP contribution in [0.25, 0.3) is 0 Å². The molecule has 1 aliphatic rings. The summed E-state index contributed by atoms with van der Waals surface area (Å²) in [5.74, 6) is -0.609. The van der Waals surface area contributed by atoms with E-state index in [-0.39, 0.29) is 5.92 Å². The number of aliphatic carboxylic acids is 1. The molecule has 1 heterocycles. The first-order valence-electron chi connectivity index (χ1n) is 5.41. The van der Waals surface area contributed by atoms with Crippen LogP contribution >= 0.6 is 0 Å². The highest BCUT2D eigenvalue weighted by Gasteiger charge is 2.47. The third-order valence-corrected chi connectivity index (χ3v) is 3.54. The summed E-state index contributed by atoms with van der Waals surface area (Å²) in [6, 6.07) is 1.78. The van der Waals surface area contributed by atoms with Crippen molar-refractivity contribution in [2.24, 2.45) is 5.92 Å². The van der Waals surface area contributed by atoms with Gasteiger partial charge in [-0.25, -0.2) is 4.79 Å². The molecule has 0 amide bonds. The Balaban J connectivity index is 2.43. The van der Waals surface area contributed by atoms with Crippen LogP contribution in [0.4, 0.5) is 0 Å². The zero-order valence-electron chi connectivity index (χ0n) is 8.89. The maximum absolute atomic E-state index is 11.5. The zero-order valence-corrected chi connectivity index (χ0v) is 8.89. The Hall–Kier alpha value is -1.32. The third kappa shape index (κ3) is 1.44. The number of carbonyl (C=O) groups is 1. The largest absolute Gasteiger partial charge is 0.479 e. The van der Waals surface area contributed by atoms with E-state index in [1.54, 1.807) is 23.1 Å². The smallest absolute Gasteiger partial charge is 0.331 e. The van der Waals surface area contributed by atoms with Crippen molar-refractivity contribution < 1.29 is 9.90 Å². The van der Waals surface area contributed by atoms with Crippen molar-refractivity contribution in [2.75, 3.05) is 0 Å². The highest BCUT2D eigenvalue weighted by molar-refractivity contribution is 5.77. The summed E-state index contributed by atoms with van der Waals surface area (Å²) in [5, 5.41) is 13.6. The van der Waals surface area contributed by atoms with E-state index >= 15 is 0 Å². The second-order valence-electron chi connectivity index (χ2n) is 4.33. The lowest BCUT2D eigenvalue weighted by atomic mass is 9.73. The van der Waals surface area contributed by atoms with Gasteiger partial charge in [-0.2, -0.15) is 5.10 Å². The normalized spacial score (nSPS) is 31.4. The van der Waals surface area contributed by atoms with Crippen molar-refractivity contribution in [3.8, 4) is 0 Å². The Bertz CT molecular complexity index is 347. The Morgan fingerprint density at radius 3 is 2.93 bits per heavy atom. The highest BCUT2D eigenvalue weighted by atomic mass is 16.4. The van der Waals surface area contributed by atoms with Crippen LogP contribution < -0.4 is 0 Å². The fraction of sp³-hybridized carbons (Fsp3) is 0.636. The maximum Gasteiger partial charge on any atom is 0.331 e. The molecular formula is C11H16N2O2. The van der Waals surface area contributed by atoms with E-state index in [4.69, 9.17) is 0 Å². The van der Waals surface area contributed by atoms with Gasteiger partial charge >= 0.3 is 5.97 Å². The van der Waals surface area contributed by atoms with E-state index in [2.05, 4.69) is 5.10 Å². The number of carboxylic acid groups (broad SMARTS) is 1. The molecule has 4 nitrogen and oxygen atoms in total. The number of carboxylic acids is 1. The molecule has 2 atom stereocenters. The highest BCUT2D eigenvalue weighted by Crippen LogP contribution is 2.39. The number of nitrogens with zero attached hydrogens (tertiary/aromatic N) is 2. The van der Waals surface area contributed by atoms with Gasteiger partial charge in [-0.15, -0.1) is 0 Å². The summed E-state index contributed by atoms with van der Waals surface area (Å²) >= 11 is 0. The minimum atomic E-state index is -0.818. The minimum absolute atomic E-state index is 0.142. The summed E-state index contributed by atoms with van der Waals surface area (Å²) in [6.45, 7) is 2.01. The van der Waals surface area contributed by atoms with Crippen molar-refractivity contribution in [3.63, 3.8) is 0 Å². The zero-order chi connectivity index (χ0) is 10.9. The molecule has 4 heteroatoms. The Morgan fingerprint density at radius 1 is 1.60 bits per heavy atom. The molecule has 0 saturated heterocycles. The first-order chi connectivity index (χ1) is 7.18. The number of hydrogen-bond donors (Lipinski definition) is 1. The van der Waals surface area contributed by atoms with Gasteiger partial charge in [0.05, 0.1) is 0 Å². The molecule has 0 bridgehead atoms. The quantitative estimate of drug-likeness (QED) is 0.807. The van der Waals surface area contributed by atoms with E-state index in [1.807, 2.05) is 6.92 Å². The molecule has 0 radical (unpaired) electrons. The van der Waals surface area contributed by atoms with Crippen LogP contribution in [-0.2, 0) is 10.3 Å². The molecular weight excluding hydrogens is 192 g/mol. The standard InChI is InChI=1S/C11H16N2O2/c1-9-5-2-3-6-11(9,10(14)15)13-8-4-7-12-13/h4,7-9H,2-3,5-6H2,1H3,(H,14,15). The third-order valence-electron chi connectivity index (χ3n) is 3.54. The molecule has 1 saturated carbocycles. The Kier molecular flexibility index (Phi) is 2.50. The Morgan fingerprint density at radius 2 is 2.40 bits per heavy atom. The lowest BCUT2D eigenvalue weighted by Crippen LogP contribution is -2.49. The predicted molar refractivity (Wildman–Crippen MR) is 55.5 cm³/mol. The molecule has 2 rings (SSSR count). The fourth-order valence-electron chi connectivity index (χ4n) is 2.59. The molecule has 2 unspecified atom stereocenters. The first-order valence-corrected chi connectivity index (χ1v) is 5.41. The number of aromatic nitrogens is 2. The topological polar surface area (TPSA) is 55.1 Å². The van der Waals surface area contributed by atoms with E-state index in [1.165, 1.54) is 0 Å².